The lowest BCUT2D eigenvalue weighted by molar-refractivity contribution is 0.415. The van der Waals surface area contributed by atoms with Crippen LogP contribution in [0.2, 0.25) is 5.02 Å². The van der Waals surface area contributed by atoms with Crippen LogP contribution in [0.15, 0.2) is 36.4 Å². The van der Waals surface area contributed by atoms with E-state index in [0.717, 1.165) is 0 Å². The number of nitrogens with zero attached hydrogens (tertiary/aromatic N) is 2. The van der Waals surface area contributed by atoms with Crippen molar-refractivity contribution in [2.45, 2.75) is 5.88 Å². The molecule has 3 aromatic rings. The van der Waals surface area contributed by atoms with Crippen molar-refractivity contribution in [3.05, 3.63) is 53.1 Å². The molecule has 0 aliphatic rings. The van der Waals surface area contributed by atoms with Gasteiger partial charge < -0.3 is 4.74 Å². The van der Waals surface area contributed by atoms with Crippen molar-refractivity contribution in [2.24, 2.45) is 0 Å². The molecule has 6 heteroatoms. The molecule has 21 heavy (non-hydrogen) atoms. The summed E-state index contributed by atoms with van der Waals surface area (Å²) in [7, 11) is 1.57. The molecule has 0 bridgehead atoms. The van der Waals surface area contributed by atoms with E-state index < -0.39 is 5.82 Å². The normalized spacial score (nSPS) is 11.0. The number of imidazole rings is 1. The molecule has 0 radical (unpaired) electrons. The van der Waals surface area contributed by atoms with Crippen LogP contribution in [-0.4, -0.2) is 16.7 Å². The molecule has 0 unspecified atom stereocenters. The van der Waals surface area contributed by atoms with Crippen molar-refractivity contribution in [1.82, 2.24) is 9.55 Å². The van der Waals surface area contributed by atoms with E-state index in [0.29, 0.717) is 28.3 Å². The summed E-state index contributed by atoms with van der Waals surface area (Å²) in [6, 6.07) is 10.2. The zero-order valence-corrected chi connectivity index (χ0v) is 12.6. The number of ether oxygens (including phenoxy) is 1. The zero-order chi connectivity index (χ0) is 15.0. The van der Waals surface area contributed by atoms with E-state index in [9.17, 15) is 4.39 Å². The van der Waals surface area contributed by atoms with Crippen molar-refractivity contribution in [3.8, 4) is 11.4 Å². The lowest BCUT2D eigenvalue weighted by atomic mass is 10.2. The summed E-state index contributed by atoms with van der Waals surface area (Å²) in [6.07, 6.45) is 0. The van der Waals surface area contributed by atoms with Gasteiger partial charge in [0.15, 0.2) is 5.82 Å². The second kappa shape index (κ2) is 5.54. The first-order valence-electron chi connectivity index (χ1n) is 6.21. The number of halogens is 3. The summed E-state index contributed by atoms with van der Waals surface area (Å²) in [6.45, 7) is 0. The maximum atomic E-state index is 14.3. The van der Waals surface area contributed by atoms with Gasteiger partial charge in [-0.1, -0.05) is 17.7 Å². The van der Waals surface area contributed by atoms with E-state index >= 15 is 0 Å². The molecule has 2 aromatic carbocycles. The lowest BCUT2D eigenvalue weighted by Crippen LogP contribution is -2.02. The van der Waals surface area contributed by atoms with Crippen LogP contribution in [0, 0.1) is 5.82 Å². The quantitative estimate of drug-likeness (QED) is 0.660. The lowest BCUT2D eigenvalue weighted by Gasteiger charge is -2.10. The average Bonchev–Trinajstić information content (AvgIpc) is 2.87. The molecule has 1 heterocycles. The van der Waals surface area contributed by atoms with Crippen LogP contribution < -0.4 is 4.74 Å². The topological polar surface area (TPSA) is 27.1 Å². The fraction of sp³-hybridized carbons (Fsp3) is 0.133. The summed E-state index contributed by atoms with van der Waals surface area (Å²) < 4.78 is 21.2. The van der Waals surface area contributed by atoms with E-state index in [4.69, 9.17) is 27.9 Å². The highest BCUT2D eigenvalue weighted by Crippen LogP contribution is 2.29. The number of rotatable bonds is 3. The van der Waals surface area contributed by atoms with Crippen molar-refractivity contribution < 1.29 is 9.13 Å². The summed E-state index contributed by atoms with van der Waals surface area (Å²) in [5.41, 5.74) is 1.74. The van der Waals surface area contributed by atoms with Gasteiger partial charge >= 0.3 is 0 Å². The van der Waals surface area contributed by atoms with E-state index in [2.05, 4.69) is 4.98 Å². The molecule has 0 spiro atoms. The molecule has 0 N–H and O–H groups in total. The Balaban J connectivity index is 2.36. The fourth-order valence-corrected chi connectivity index (χ4v) is 2.60. The van der Waals surface area contributed by atoms with Gasteiger partial charge in [0.25, 0.3) is 0 Å². The zero-order valence-electron chi connectivity index (χ0n) is 11.1. The SMILES string of the molecule is COc1ccc2nc(CCl)n(-c3cccc(Cl)c3F)c2c1. The van der Waals surface area contributed by atoms with Crippen LogP contribution in [0.25, 0.3) is 16.7 Å². The van der Waals surface area contributed by atoms with Gasteiger partial charge in [0.2, 0.25) is 0 Å². The molecule has 0 saturated heterocycles. The molecule has 3 rings (SSSR count). The standard InChI is InChI=1S/C15H11Cl2FN2O/c1-21-9-5-6-11-13(7-9)20(14(8-16)19-11)12-4-2-3-10(17)15(12)18/h2-7H,8H2,1H3. The molecular formula is C15H11Cl2FN2O. The number of alkyl halides is 1. The molecule has 1 aromatic heterocycles. The Labute approximate surface area is 130 Å². The van der Waals surface area contributed by atoms with Crippen LogP contribution in [0.4, 0.5) is 4.39 Å². The monoisotopic (exact) mass is 324 g/mol. The summed E-state index contributed by atoms with van der Waals surface area (Å²) >= 11 is 11.8. The fourth-order valence-electron chi connectivity index (χ4n) is 2.26. The van der Waals surface area contributed by atoms with Crippen LogP contribution in [0.5, 0.6) is 5.75 Å². The van der Waals surface area contributed by atoms with Crippen LogP contribution in [0.1, 0.15) is 5.82 Å². The van der Waals surface area contributed by atoms with E-state index in [1.165, 1.54) is 6.07 Å². The summed E-state index contributed by atoms with van der Waals surface area (Å²) in [5, 5.41) is 0.0535. The maximum Gasteiger partial charge on any atom is 0.165 e. The predicted octanol–water partition coefficient (Wildman–Crippen LogP) is 4.57. The van der Waals surface area contributed by atoms with Gasteiger partial charge in [0, 0.05) is 6.07 Å². The second-order valence-electron chi connectivity index (χ2n) is 4.42. The number of hydrogen-bond acceptors (Lipinski definition) is 2. The first kappa shape index (κ1) is 14.2. The minimum absolute atomic E-state index is 0.0535. The third-order valence-electron chi connectivity index (χ3n) is 3.22. The van der Waals surface area contributed by atoms with Crippen LogP contribution in [0.3, 0.4) is 0 Å². The number of benzene rings is 2. The Morgan fingerprint density at radius 1 is 1.29 bits per heavy atom. The van der Waals surface area contributed by atoms with Crippen molar-refractivity contribution >= 4 is 34.2 Å². The number of methoxy groups -OCH3 is 1. The highest BCUT2D eigenvalue weighted by molar-refractivity contribution is 6.30. The maximum absolute atomic E-state index is 14.3. The second-order valence-corrected chi connectivity index (χ2v) is 5.10. The largest absolute Gasteiger partial charge is 0.497 e. The smallest absolute Gasteiger partial charge is 0.165 e. The molecule has 0 aliphatic heterocycles. The molecule has 108 valence electrons. The van der Waals surface area contributed by atoms with E-state index in [-0.39, 0.29) is 10.9 Å². The first-order valence-corrected chi connectivity index (χ1v) is 7.12. The Morgan fingerprint density at radius 3 is 2.81 bits per heavy atom. The third kappa shape index (κ3) is 2.34. The van der Waals surface area contributed by atoms with Gasteiger partial charge in [0.05, 0.1) is 34.7 Å². The highest BCUT2D eigenvalue weighted by Gasteiger charge is 2.16. The van der Waals surface area contributed by atoms with E-state index in [1.54, 1.807) is 35.9 Å². The highest BCUT2D eigenvalue weighted by atomic mass is 35.5. The Morgan fingerprint density at radius 2 is 2.10 bits per heavy atom. The summed E-state index contributed by atoms with van der Waals surface area (Å²) in [4.78, 5) is 4.42. The van der Waals surface area contributed by atoms with Crippen molar-refractivity contribution in [2.75, 3.05) is 7.11 Å². The Kier molecular flexibility index (Phi) is 3.74. The molecule has 0 aliphatic carbocycles. The van der Waals surface area contributed by atoms with E-state index in [1.807, 2.05) is 6.07 Å². The van der Waals surface area contributed by atoms with Crippen LogP contribution >= 0.6 is 23.2 Å². The predicted molar refractivity (Wildman–Crippen MR) is 82.1 cm³/mol. The van der Waals surface area contributed by atoms with Crippen molar-refractivity contribution in [1.29, 1.82) is 0 Å². The number of aromatic nitrogens is 2. The molecule has 0 fully saturated rings. The summed E-state index contributed by atoms with van der Waals surface area (Å²) in [5.74, 6) is 0.851. The van der Waals surface area contributed by atoms with Gasteiger partial charge in [-0.05, 0) is 24.3 Å². The minimum Gasteiger partial charge on any atom is -0.497 e. The molecular weight excluding hydrogens is 314 g/mol. The molecule has 0 amide bonds. The molecule has 3 nitrogen and oxygen atoms in total. The van der Waals surface area contributed by atoms with Gasteiger partial charge in [-0.3, -0.25) is 4.57 Å². The van der Waals surface area contributed by atoms with Gasteiger partial charge in [0.1, 0.15) is 11.6 Å². The first-order chi connectivity index (χ1) is 10.2. The third-order valence-corrected chi connectivity index (χ3v) is 3.75. The number of hydrogen-bond donors (Lipinski definition) is 0. The van der Waals surface area contributed by atoms with Crippen LogP contribution in [-0.2, 0) is 5.88 Å². The Hall–Kier alpha value is -1.78. The van der Waals surface area contributed by atoms with Gasteiger partial charge in [-0.2, -0.15) is 0 Å². The minimum atomic E-state index is -0.507. The van der Waals surface area contributed by atoms with Gasteiger partial charge in [-0.25, -0.2) is 9.37 Å². The van der Waals surface area contributed by atoms with Crippen molar-refractivity contribution in [3.63, 3.8) is 0 Å². The molecule has 0 saturated carbocycles. The Bertz CT molecular complexity index is 817. The van der Waals surface area contributed by atoms with Gasteiger partial charge in [-0.15, -0.1) is 11.6 Å². The average molecular weight is 325 g/mol. The molecule has 0 atom stereocenters. The number of fused-ring (bicyclic) bond motifs is 1.